The molecule has 20 heavy (non-hydrogen) atoms. The number of ether oxygens (including phenoxy) is 1. The first kappa shape index (κ1) is 14.4. The lowest BCUT2D eigenvalue weighted by Crippen LogP contribution is -2.33. The third kappa shape index (κ3) is 3.30. The molecule has 1 amide bonds. The van der Waals surface area contributed by atoms with Gasteiger partial charge in [-0.05, 0) is 31.0 Å². The molecule has 0 aliphatic carbocycles. The van der Waals surface area contributed by atoms with Crippen LogP contribution in [-0.2, 0) is 9.53 Å². The molecule has 2 rings (SSSR count). The van der Waals surface area contributed by atoms with E-state index in [1.165, 1.54) is 0 Å². The Morgan fingerprint density at radius 1 is 1.35 bits per heavy atom. The number of carboxylic acids is 1. The summed E-state index contributed by atoms with van der Waals surface area (Å²) in [5, 5.41) is 11.2. The van der Waals surface area contributed by atoms with Gasteiger partial charge < -0.3 is 15.2 Å². The fourth-order valence-electron chi connectivity index (χ4n) is 2.01. The standard InChI is InChI=1S/C13H13F2NO4/c14-7-1-3-10(15)9(5-7)12(17)16-6-8-2-4-11(20-8)13(18)19/h1,3,5,8,11H,2,4,6H2,(H,16,17)(H,18,19). The molecule has 1 aliphatic heterocycles. The quantitative estimate of drug-likeness (QED) is 0.875. The molecule has 0 bridgehead atoms. The van der Waals surface area contributed by atoms with E-state index in [2.05, 4.69) is 5.32 Å². The van der Waals surface area contributed by atoms with Crippen molar-refractivity contribution in [2.75, 3.05) is 6.54 Å². The molecule has 2 unspecified atom stereocenters. The molecule has 1 saturated heterocycles. The second-order valence-corrected chi connectivity index (χ2v) is 4.50. The number of nitrogens with one attached hydrogen (secondary N) is 1. The summed E-state index contributed by atoms with van der Waals surface area (Å²) < 4.78 is 31.5. The highest BCUT2D eigenvalue weighted by Gasteiger charge is 2.30. The molecule has 2 atom stereocenters. The van der Waals surface area contributed by atoms with Crippen LogP contribution in [0.15, 0.2) is 18.2 Å². The third-order valence-electron chi connectivity index (χ3n) is 3.05. The normalized spacial score (nSPS) is 21.7. The monoisotopic (exact) mass is 285 g/mol. The Bertz CT molecular complexity index is 535. The summed E-state index contributed by atoms with van der Waals surface area (Å²) >= 11 is 0. The van der Waals surface area contributed by atoms with Crippen LogP contribution in [0.3, 0.4) is 0 Å². The van der Waals surface area contributed by atoms with Gasteiger partial charge in [-0.3, -0.25) is 4.79 Å². The van der Waals surface area contributed by atoms with Gasteiger partial charge in [-0.2, -0.15) is 0 Å². The van der Waals surface area contributed by atoms with Crippen molar-refractivity contribution < 1.29 is 28.2 Å². The molecule has 0 saturated carbocycles. The van der Waals surface area contributed by atoms with Crippen molar-refractivity contribution in [3.8, 4) is 0 Å². The van der Waals surface area contributed by atoms with E-state index in [1.54, 1.807) is 0 Å². The number of hydrogen-bond donors (Lipinski definition) is 2. The van der Waals surface area contributed by atoms with Gasteiger partial charge >= 0.3 is 5.97 Å². The van der Waals surface area contributed by atoms with Crippen molar-refractivity contribution in [1.29, 1.82) is 0 Å². The molecule has 0 aromatic heterocycles. The fraction of sp³-hybridized carbons (Fsp3) is 0.385. The molecule has 1 heterocycles. The Balaban J connectivity index is 1.90. The maximum absolute atomic E-state index is 13.4. The first-order valence-electron chi connectivity index (χ1n) is 6.09. The predicted octanol–water partition coefficient (Wildman–Crippen LogP) is 1.33. The van der Waals surface area contributed by atoms with Crippen LogP contribution in [-0.4, -0.2) is 35.7 Å². The lowest BCUT2D eigenvalue weighted by molar-refractivity contribution is -0.149. The Kier molecular flexibility index (Phi) is 4.29. The summed E-state index contributed by atoms with van der Waals surface area (Å²) in [6.07, 6.45) is -0.452. The summed E-state index contributed by atoms with van der Waals surface area (Å²) in [7, 11) is 0. The first-order valence-corrected chi connectivity index (χ1v) is 6.09. The maximum Gasteiger partial charge on any atom is 0.332 e. The molecule has 2 N–H and O–H groups in total. The number of benzene rings is 1. The van der Waals surface area contributed by atoms with Gasteiger partial charge in [0.15, 0.2) is 6.10 Å². The van der Waals surface area contributed by atoms with Gasteiger partial charge in [-0.15, -0.1) is 0 Å². The topological polar surface area (TPSA) is 75.6 Å². The smallest absolute Gasteiger partial charge is 0.332 e. The number of aliphatic carboxylic acids is 1. The van der Waals surface area contributed by atoms with Gasteiger partial charge in [0.1, 0.15) is 11.6 Å². The van der Waals surface area contributed by atoms with Crippen molar-refractivity contribution >= 4 is 11.9 Å². The van der Waals surface area contributed by atoms with Gasteiger partial charge in [-0.25, -0.2) is 13.6 Å². The van der Waals surface area contributed by atoms with Gasteiger partial charge in [0, 0.05) is 6.54 Å². The minimum absolute atomic E-state index is 0.0541. The lowest BCUT2D eigenvalue weighted by Gasteiger charge is -2.12. The highest BCUT2D eigenvalue weighted by molar-refractivity contribution is 5.94. The van der Waals surface area contributed by atoms with Crippen molar-refractivity contribution in [3.05, 3.63) is 35.4 Å². The van der Waals surface area contributed by atoms with Crippen LogP contribution in [0.2, 0.25) is 0 Å². The number of carbonyl (C=O) groups is 2. The number of rotatable bonds is 4. The van der Waals surface area contributed by atoms with Gasteiger partial charge in [0.25, 0.3) is 5.91 Å². The van der Waals surface area contributed by atoms with E-state index in [4.69, 9.17) is 9.84 Å². The lowest BCUT2D eigenvalue weighted by atomic mass is 10.1. The molecule has 1 aromatic rings. The fourth-order valence-corrected chi connectivity index (χ4v) is 2.01. The van der Waals surface area contributed by atoms with Crippen LogP contribution in [0, 0.1) is 11.6 Å². The van der Waals surface area contributed by atoms with Crippen LogP contribution in [0.5, 0.6) is 0 Å². The third-order valence-corrected chi connectivity index (χ3v) is 3.05. The molecule has 1 aliphatic rings. The molecular weight excluding hydrogens is 272 g/mol. The van der Waals surface area contributed by atoms with Gasteiger partial charge in [-0.1, -0.05) is 0 Å². The van der Waals surface area contributed by atoms with Crippen molar-refractivity contribution in [2.45, 2.75) is 25.0 Å². The van der Waals surface area contributed by atoms with Gasteiger partial charge in [0.2, 0.25) is 0 Å². The Morgan fingerprint density at radius 3 is 2.75 bits per heavy atom. The molecule has 7 heteroatoms. The SMILES string of the molecule is O=C(NCC1CCC(C(=O)O)O1)c1cc(F)ccc1F. The Labute approximate surface area is 113 Å². The summed E-state index contributed by atoms with van der Waals surface area (Å²) in [5.74, 6) is -3.33. The molecule has 1 fully saturated rings. The second kappa shape index (κ2) is 5.96. The summed E-state index contributed by atoms with van der Waals surface area (Å²) in [5.41, 5.74) is -0.391. The summed E-state index contributed by atoms with van der Waals surface area (Å²) in [4.78, 5) is 22.4. The van der Waals surface area contributed by atoms with Crippen molar-refractivity contribution in [2.24, 2.45) is 0 Å². The van der Waals surface area contributed by atoms with Crippen molar-refractivity contribution in [3.63, 3.8) is 0 Å². The highest BCUT2D eigenvalue weighted by atomic mass is 19.1. The zero-order chi connectivity index (χ0) is 14.7. The summed E-state index contributed by atoms with van der Waals surface area (Å²) in [6.45, 7) is 0.0541. The zero-order valence-electron chi connectivity index (χ0n) is 10.4. The van der Waals surface area contributed by atoms with E-state index in [9.17, 15) is 18.4 Å². The number of carboxylic acid groups (broad SMARTS) is 1. The van der Waals surface area contributed by atoms with E-state index in [1.807, 2.05) is 0 Å². The van der Waals surface area contributed by atoms with E-state index >= 15 is 0 Å². The minimum atomic E-state index is -1.05. The number of halogens is 2. The Hall–Kier alpha value is -2.02. The molecule has 5 nitrogen and oxygen atoms in total. The number of hydrogen-bond acceptors (Lipinski definition) is 3. The molecule has 1 aromatic carbocycles. The molecule has 108 valence electrons. The number of carbonyl (C=O) groups excluding carboxylic acids is 1. The maximum atomic E-state index is 13.4. The van der Waals surface area contributed by atoms with E-state index < -0.39 is 41.3 Å². The summed E-state index contributed by atoms with van der Waals surface area (Å²) in [6, 6.07) is 2.60. The average Bonchev–Trinajstić information content (AvgIpc) is 2.88. The molecule has 0 spiro atoms. The predicted molar refractivity (Wildman–Crippen MR) is 64.2 cm³/mol. The highest BCUT2D eigenvalue weighted by Crippen LogP contribution is 2.19. The van der Waals surface area contributed by atoms with E-state index in [-0.39, 0.29) is 6.54 Å². The van der Waals surface area contributed by atoms with Crippen LogP contribution >= 0.6 is 0 Å². The van der Waals surface area contributed by atoms with Crippen LogP contribution in [0.1, 0.15) is 23.2 Å². The molecule has 0 radical (unpaired) electrons. The minimum Gasteiger partial charge on any atom is -0.479 e. The van der Waals surface area contributed by atoms with Gasteiger partial charge in [0.05, 0.1) is 11.7 Å². The number of amides is 1. The zero-order valence-corrected chi connectivity index (χ0v) is 10.4. The average molecular weight is 285 g/mol. The second-order valence-electron chi connectivity index (χ2n) is 4.50. The van der Waals surface area contributed by atoms with E-state index in [0.717, 1.165) is 18.2 Å². The Morgan fingerprint density at radius 2 is 2.10 bits per heavy atom. The van der Waals surface area contributed by atoms with Crippen LogP contribution < -0.4 is 5.32 Å². The van der Waals surface area contributed by atoms with E-state index in [0.29, 0.717) is 12.8 Å². The first-order chi connectivity index (χ1) is 9.47. The van der Waals surface area contributed by atoms with Crippen LogP contribution in [0.25, 0.3) is 0 Å². The van der Waals surface area contributed by atoms with Crippen molar-refractivity contribution in [1.82, 2.24) is 5.32 Å². The van der Waals surface area contributed by atoms with Crippen LogP contribution in [0.4, 0.5) is 8.78 Å². The molecular formula is C13H13F2NO4. The largest absolute Gasteiger partial charge is 0.479 e.